The maximum atomic E-state index is 11.4. The zero-order valence-corrected chi connectivity index (χ0v) is 12.9. The lowest BCUT2D eigenvalue weighted by molar-refractivity contribution is -0.140. The fourth-order valence-electron chi connectivity index (χ4n) is 3.01. The van der Waals surface area contributed by atoms with Crippen molar-refractivity contribution in [3.8, 4) is 22.5 Å². The molecule has 5 nitrogen and oxygen atoms in total. The van der Waals surface area contributed by atoms with Gasteiger partial charge in [-0.3, -0.25) is 4.79 Å². The highest BCUT2D eigenvalue weighted by Gasteiger charge is 2.51. The first-order valence-corrected chi connectivity index (χ1v) is 7.75. The molecular formula is C19H16N2O3. The Labute approximate surface area is 138 Å². The number of nitrogens with zero attached hydrogens (tertiary/aromatic N) is 1. The number of nitrogens with two attached hydrogens (primary N) is 1. The number of benzene rings is 2. The highest BCUT2D eigenvalue weighted by molar-refractivity contribution is 5.85. The van der Waals surface area contributed by atoms with Gasteiger partial charge >= 0.3 is 5.97 Å². The van der Waals surface area contributed by atoms with E-state index in [9.17, 15) is 9.90 Å². The van der Waals surface area contributed by atoms with Crippen LogP contribution in [0.2, 0.25) is 0 Å². The van der Waals surface area contributed by atoms with Crippen LogP contribution in [0.5, 0.6) is 0 Å². The molecule has 0 unspecified atom stereocenters. The van der Waals surface area contributed by atoms with Crippen molar-refractivity contribution in [2.24, 2.45) is 0 Å². The lowest BCUT2D eigenvalue weighted by Gasteiger charge is -2.11. The summed E-state index contributed by atoms with van der Waals surface area (Å²) in [6, 6.07) is 15.6. The number of carboxylic acid groups (broad SMARTS) is 1. The van der Waals surface area contributed by atoms with Crippen molar-refractivity contribution in [2.75, 3.05) is 5.73 Å². The number of anilines is 1. The maximum Gasteiger partial charge on any atom is 0.314 e. The van der Waals surface area contributed by atoms with Crippen LogP contribution in [0.1, 0.15) is 18.4 Å². The van der Waals surface area contributed by atoms with Crippen LogP contribution in [-0.2, 0) is 10.2 Å². The standard InChI is InChI=1S/C19H16N2O3/c20-16-11-21-24-17(16)14-3-1-12(2-4-14)13-5-7-15(8-6-13)19(9-10-19)18(22)23/h1-8,11H,9-10,20H2,(H,22,23). The summed E-state index contributed by atoms with van der Waals surface area (Å²) in [5.41, 5.74) is 9.49. The van der Waals surface area contributed by atoms with Crippen molar-refractivity contribution in [3.05, 3.63) is 60.3 Å². The Morgan fingerprint density at radius 1 is 1.00 bits per heavy atom. The van der Waals surface area contributed by atoms with Crippen molar-refractivity contribution in [3.63, 3.8) is 0 Å². The van der Waals surface area contributed by atoms with Crippen molar-refractivity contribution < 1.29 is 14.4 Å². The first-order chi connectivity index (χ1) is 11.6. The van der Waals surface area contributed by atoms with E-state index in [1.54, 1.807) is 0 Å². The summed E-state index contributed by atoms with van der Waals surface area (Å²) in [7, 11) is 0. The van der Waals surface area contributed by atoms with Gasteiger partial charge in [-0.25, -0.2) is 0 Å². The quantitative estimate of drug-likeness (QED) is 0.765. The average molecular weight is 320 g/mol. The predicted octanol–water partition coefficient (Wildman–Crippen LogP) is 3.71. The number of carboxylic acids is 1. The smallest absolute Gasteiger partial charge is 0.314 e. The van der Waals surface area contributed by atoms with Crippen LogP contribution in [0, 0.1) is 0 Å². The van der Waals surface area contributed by atoms with E-state index >= 15 is 0 Å². The molecule has 1 fully saturated rings. The Hall–Kier alpha value is -3.08. The molecule has 0 aliphatic heterocycles. The average Bonchev–Trinajstić information content (AvgIpc) is 3.32. The van der Waals surface area contributed by atoms with Gasteiger partial charge in [0.1, 0.15) is 5.69 Å². The second-order valence-electron chi connectivity index (χ2n) is 6.15. The van der Waals surface area contributed by atoms with Crippen molar-refractivity contribution in [2.45, 2.75) is 18.3 Å². The summed E-state index contributed by atoms with van der Waals surface area (Å²) in [4.78, 5) is 11.4. The topological polar surface area (TPSA) is 89.4 Å². The Morgan fingerprint density at radius 2 is 1.54 bits per heavy atom. The minimum absolute atomic E-state index is 0.510. The molecule has 0 saturated heterocycles. The van der Waals surface area contributed by atoms with Gasteiger partial charge < -0.3 is 15.4 Å². The third-order valence-corrected chi connectivity index (χ3v) is 4.68. The van der Waals surface area contributed by atoms with Gasteiger partial charge in [-0.05, 0) is 29.5 Å². The molecule has 0 radical (unpaired) electrons. The molecule has 0 spiro atoms. The second-order valence-corrected chi connectivity index (χ2v) is 6.15. The monoisotopic (exact) mass is 320 g/mol. The van der Waals surface area contributed by atoms with Gasteiger partial charge in [0.2, 0.25) is 0 Å². The van der Waals surface area contributed by atoms with Crippen LogP contribution < -0.4 is 5.73 Å². The van der Waals surface area contributed by atoms with Crippen LogP contribution in [-0.4, -0.2) is 16.2 Å². The van der Waals surface area contributed by atoms with Crippen molar-refractivity contribution in [1.82, 2.24) is 5.16 Å². The molecule has 5 heteroatoms. The Bertz CT molecular complexity index is 891. The minimum atomic E-state index is -0.732. The lowest BCUT2D eigenvalue weighted by Crippen LogP contribution is -2.19. The van der Waals surface area contributed by atoms with E-state index in [0.29, 0.717) is 11.4 Å². The van der Waals surface area contributed by atoms with E-state index in [0.717, 1.165) is 35.1 Å². The molecule has 3 N–H and O–H groups in total. The van der Waals surface area contributed by atoms with Gasteiger partial charge in [0.15, 0.2) is 5.76 Å². The van der Waals surface area contributed by atoms with Gasteiger partial charge in [-0.1, -0.05) is 53.7 Å². The molecule has 1 aliphatic rings. The van der Waals surface area contributed by atoms with Gasteiger partial charge in [-0.15, -0.1) is 0 Å². The molecule has 0 atom stereocenters. The zero-order chi connectivity index (χ0) is 16.7. The fraction of sp³-hybridized carbons (Fsp3) is 0.158. The molecule has 0 bridgehead atoms. The summed E-state index contributed by atoms with van der Waals surface area (Å²) in [5.74, 6) is -0.168. The second kappa shape index (κ2) is 5.23. The molecular weight excluding hydrogens is 304 g/mol. The SMILES string of the molecule is Nc1cnoc1-c1ccc(-c2ccc(C3(C(=O)O)CC3)cc2)cc1. The summed E-state index contributed by atoms with van der Waals surface area (Å²) in [5, 5.41) is 13.0. The number of rotatable bonds is 4. The van der Waals surface area contributed by atoms with Crippen molar-refractivity contribution in [1.29, 1.82) is 0 Å². The molecule has 1 saturated carbocycles. The van der Waals surface area contributed by atoms with E-state index in [1.807, 2.05) is 48.5 Å². The molecule has 0 amide bonds. The largest absolute Gasteiger partial charge is 0.481 e. The molecule has 1 heterocycles. The van der Waals surface area contributed by atoms with Crippen LogP contribution in [0.15, 0.2) is 59.3 Å². The van der Waals surface area contributed by atoms with Gasteiger partial charge in [0, 0.05) is 5.56 Å². The predicted molar refractivity (Wildman–Crippen MR) is 90.3 cm³/mol. The number of hydrogen-bond donors (Lipinski definition) is 2. The molecule has 120 valence electrons. The van der Waals surface area contributed by atoms with Gasteiger partial charge in [0.05, 0.1) is 11.6 Å². The maximum absolute atomic E-state index is 11.4. The number of aliphatic carboxylic acids is 1. The van der Waals surface area contributed by atoms with Gasteiger partial charge in [0.25, 0.3) is 0 Å². The molecule has 1 aliphatic carbocycles. The van der Waals surface area contributed by atoms with Gasteiger partial charge in [-0.2, -0.15) is 0 Å². The first kappa shape index (κ1) is 14.5. The number of carbonyl (C=O) groups is 1. The molecule has 24 heavy (non-hydrogen) atoms. The Morgan fingerprint density at radius 3 is 2.00 bits per heavy atom. The first-order valence-electron chi connectivity index (χ1n) is 7.75. The molecule has 3 aromatic rings. The van der Waals surface area contributed by atoms with E-state index in [4.69, 9.17) is 10.3 Å². The van der Waals surface area contributed by atoms with Crippen LogP contribution in [0.3, 0.4) is 0 Å². The third kappa shape index (κ3) is 2.25. The molecule has 4 rings (SSSR count). The third-order valence-electron chi connectivity index (χ3n) is 4.68. The van der Waals surface area contributed by atoms with Crippen LogP contribution in [0.25, 0.3) is 22.5 Å². The summed E-state index contributed by atoms with van der Waals surface area (Å²) in [6.07, 6.45) is 2.92. The highest BCUT2D eigenvalue weighted by Crippen LogP contribution is 2.48. The normalized spacial score (nSPS) is 15.2. The van der Waals surface area contributed by atoms with E-state index in [2.05, 4.69) is 5.16 Å². The summed E-state index contributed by atoms with van der Waals surface area (Å²) < 4.78 is 5.15. The molecule has 2 aromatic carbocycles. The minimum Gasteiger partial charge on any atom is -0.481 e. The van der Waals surface area contributed by atoms with E-state index in [1.165, 1.54) is 6.20 Å². The van der Waals surface area contributed by atoms with Crippen LogP contribution in [0.4, 0.5) is 5.69 Å². The summed E-state index contributed by atoms with van der Waals surface area (Å²) >= 11 is 0. The fourth-order valence-corrected chi connectivity index (χ4v) is 3.01. The highest BCUT2D eigenvalue weighted by atomic mass is 16.5. The lowest BCUT2D eigenvalue weighted by atomic mass is 9.93. The van der Waals surface area contributed by atoms with E-state index in [-0.39, 0.29) is 0 Å². The number of nitrogen functional groups attached to an aromatic ring is 1. The van der Waals surface area contributed by atoms with Crippen molar-refractivity contribution >= 4 is 11.7 Å². The van der Waals surface area contributed by atoms with Crippen LogP contribution >= 0.6 is 0 Å². The van der Waals surface area contributed by atoms with E-state index < -0.39 is 11.4 Å². The Balaban J connectivity index is 1.60. The number of aromatic nitrogens is 1. The zero-order valence-electron chi connectivity index (χ0n) is 12.9. The Kier molecular flexibility index (Phi) is 3.16. The molecule has 1 aromatic heterocycles. The summed E-state index contributed by atoms with van der Waals surface area (Å²) in [6.45, 7) is 0. The number of hydrogen-bond acceptors (Lipinski definition) is 4.